The van der Waals surface area contributed by atoms with E-state index in [0.29, 0.717) is 0 Å². The molecule has 1 aliphatic rings. The van der Waals surface area contributed by atoms with E-state index in [1.165, 1.54) is 44.1 Å². The highest BCUT2D eigenvalue weighted by Gasteiger charge is 2.13. The van der Waals surface area contributed by atoms with Crippen molar-refractivity contribution in [3.63, 3.8) is 0 Å². The quantitative estimate of drug-likeness (QED) is 0.692. The Bertz CT molecular complexity index is 270. The van der Waals surface area contributed by atoms with E-state index in [2.05, 4.69) is 36.9 Å². The first kappa shape index (κ1) is 10.1. The molecule has 1 heteroatoms. The number of benzene rings is 1. The molecule has 1 fully saturated rings. The fraction of sp³-hybridized carbons (Fsp3) is 0.538. The normalized spacial score (nSPS) is 18.4. The second-order valence-corrected chi connectivity index (χ2v) is 4.89. The van der Waals surface area contributed by atoms with Crippen LogP contribution in [0.2, 0.25) is 0 Å². The van der Waals surface area contributed by atoms with Gasteiger partial charge in [-0.1, -0.05) is 44.2 Å². The Morgan fingerprint density at radius 3 is 2.29 bits per heavy atom. The molecule has 1 aromatic rings. The summed E-state index contributed by atoms with van der Waals surface area (Å²) in [5.41, 5.74) is 1.48. The van der Waals surface area contributed by atoms with Crippen molar-refractivity contribution in [1.82, 2.24) is 0 Å². The van der Waals surface area contributed by atoms with Gasteiger partial charge in [-0.15, -0.1) is 12.6 Å². The summed E-state index contributed by atoms with van der Waals surface area (Å²) in [6, 6.07) is 8.64. The average molecular weight is 206 g/mol. The zero-order chi connectivity index (χ0) is 9.80. The van der Waals surface area contributed by atoms with Gasteiger partial charge in [0.25, 0.3) is 0 Å². The molecular weight excluding hydrogens is 188 g/mol. The van der Waals surface area contributed by atoms with Gasteiger partial charge < -0.3 is 0 Å². The predicted molar refractivity (Wildman–Crippen MR) is 64.0 cm³/mol. The van der Waals surface area contributed by atoms with Crippen molar-refractivity contribution in [1.29, 1.82) is 0 Å². The fourth-order valence-corrected chi connectivity index (χ4v) is 2.51. The molecule has 1 aromatic carbocycles. The van der Waals surface area contributed by atoms with Crippen LogP contribution in [0.1, 0.15) is 37.7 Å². The first-order chi connectivity index (χ1) is 6.84. The van der Waals surface area contributed by atoms with E-state index in [0.717, 1.165) is 10.8 Å². The molecule has 0 radical (unpaired) electrons. The molecule has 0 amide bonds. The molecule has 1 saturated carbocycles. The standard InChI is InChI=1S/C13H18S/c14-13-8-6-12(7-9-13)10-11-4-2-1-3-5-11/h6-9,11,14H,1-5,10H2. The minimum Gasteiger partial charge on any atom is -0.143 e. The fourth-order valence-electron chi connectivity index (χ4n) is 2.36. The summed E-state index contributed by atoms with van der Waals surface area (Å²) >= 11 is 4.30. The Morgan fingerprint density at radius 1 is 1.00 bits per heavy atom. The summed E-state index contributed by atoms with van der Waals surface area (Å²) in [6.45, 7) is 0. The molecule has 0 heterocycles. The minimum atomic E-state index is 0.939. The Balaban J connectivity index is 1.92. The maximum absolute atomic E-state index is 4.30. The maximum Gasteiger partial charge on any atom is 0.00401 e. The minimum absolute atomic E-state index is 0.939. The van der Waals surface area contributed by atoms with Gasteiger partial charge in [0.1, 0.15) is 0 Å². The lowest BCUT2D eigenvalue weighted by Crippen LogP contribution is -2.08. The molecule has 2 rings (SSSR count). The summed E-state index contributed by atoms with van der Waals surface area (Å²) in [7, 11) is 0. The third kappa shape index (κ3) is 2.78. The lowest BCUT2D eigenvalue weighted by atomic mass is 9.85. The number of rotatable bonds is 2. The van der Waals surface area contributed by atoms with Crippen LogP contribution in [-0.4, -0.2) is 0 Å². The van der Waals surface area contributed by atoms with E-state index in [1.54, 1.807) is 0 Å². The van der Waals surface area contributed by atoms with Crippen molar-refractivity contribution in [2.75, 3.05) is 0 Å². The molecule has 14 heavy (non-hydrogen) atoms. The van der Waals surface area contributed by atoms with Gasteiger partial charge in [0, 0.05) is 4.90 Å². The zero-order valence-corrected chi connectivity index (χ0v) is 9.47. The smallest absolute Gasteiger partial charge is 0.00401 e. The summed E-state index contributed by atoms with van der Waals surface area (Å²) in [6.07, 6.45) is 8.47. The third-order valence-electron chi connectivity index (χ3n) is 3.19. The van der Waals surface area contributed by atoms with Gasteiger partial charge in [-0.05, 0) is 30.0 Å². The van der Waals surface area contributed by atoms with Crippen molar-refractivity contribution in [3.05, 3.63) is 29.8 Å². The molecule has 76 valence electrons. The molecular formula is C13H18S. The molecule has 0 N–H and O–H groups in total. The Labute approximate surface area is 92.1 Å². The Morgan fingerprint density at radius 2 is 1.64 bits per heavy atom. The van der Waals surface area contributed by atoms with Crippen LogP contribution < -0.4 is 0 Å². The summed E-state index contributed by atoms with van der Waals surface area (Å²) in [4.78, 5) is 1.07. The largest absolute Gasteiger partial charge is 0.143 e. The van der Waals surface area contributed by atoms with Crippen LogP contribution in [0.25, 0.3) is 0 Å². The van der Waals surface area contributed by atoms with E-state index in [1.807, 2.05) is 0 Å². The number of hydrogen-bond donors (Lipinski definition) is 1. The van der Waals surface area contributed by atoms with Crippen LogP contribution in [0.15, 0.2) is 29.2 Å². The van der Waals surface area contributed by atoms with Gasteiger partial charge in [0.2, 0.25) is 0 Å². The molecule has 0 atom stereocenters. The summed E-state index contributed by atoms with van der Waals surface area (Å²) < 4.78 is 0. The van der Waals surface area contributed by atoms with Crippen LogP contribution >= 0.6 is 12.6 Å². The Hall–Kier alpha value is -0.430. The van der Waals surface area contributed by atoms with E-state index in [4.69, 9.17) is 0 Å². The van der Waals surface area contributed by atoms with Crippen molar-refractivity contribution < 1.29 is 0 Å². The molecule has 0 bridgehead atoms. The van der Waals surface area contributed by atoms with E-state index in [-0.39, 0.29) is 0 Å². The second kappa shape index (κ2) is 4.88. The van der Waals surface area contributed by atoms with Crippen molar-refractivity contribution in [3.8, 4) is 0 Å². The average Bonchev–Trinajstić information content (AvgIpc) is 2.23. The van der Waals surface area contributed by atoms with Crippen LogP contribution in [0.3, 0.4) is 0 Å². The van der Waals surface area contributed by atoms with E-state index in [9.17, 15) is 0 Å². The highest BCUT2D eigenvalue weighted by molar-refractivity contribution is 7.80. The molecule has 0 saturated heterocycles. The van der Waals surface area contributed by atoms with Crippen LogP contribution in [0.5, 0.6) is 0 Å². The van der Waals surface area contributed by atoms with Gasteiger partial charge in [-0.25, -0.2) is 0 Å². The molecule has 0 aliphatic heterocycles. The zero-order valence-electron chi connectivity index (χ0n) is 8.58. The first-order valence-electron chi connectivity index (χ1n) is 5.62. The molecule has 0 unspecified atom stereocenters. The second-order valence-electron chi connectivity index (χ2n) is 4.37. The first-order valence-corrected chi connectivity index (χ1v) is 6.07. The monoisotopic (exact) mass is 206 g/mol. The number of hydrogen-bond acceptors (Lipinski definition) is 1. The van der Waals surface area contributed by atoms with Crippen LogP contribution in [0, 0.1) is 5.92 Å². The van der Waals surface area contributed by atoms with E-state index >= 15 is 0 Å². The summed E-state index contributed by atoms with van der Waals surface area (Å²) in [5, 5.41) is 0. The molecule has 1 aliphatic carbocycles. The number of thiol groups is 1. The lowest BCUT2D eigenvalue weighted by Gasteiger charge is -2.21. The highest BCUT2D eigenvalue weighted by atomic mass is 32.1. The van der Waals surface area contributed by atoms with Gasteiger partial charge in [0.15, 0.2) is 0 Å². The SMILES string of the molecule is Sc1ccc(CC2CCCCC2)cc1. The summed E-state index contributed by atoms with van der Waals surface area (Å²) in [5.74, 6) is 0.939. The predicted octanol–water partition coefficient (Wildman–Crippen LogP) is 4.10. The van der Waals surface area contributed by atoms with Gasteiger partial charge >= 0.3 is 0 Å². The maximum atomic E-state index is 4.30. The van der Waals surface area contributed by atoms with Crippen LogP contribution in [-0.2, 0) is 6.42 Å². The van der Waals surface area contributed by atoms with Crippen molar-refractivity contribution in [2.45, 2.75) is 43.4 Å². The topological polar surface area (TPSA) is 0 Å². The van der Waals surface area contributed by atoms with Crippen molar-refractivity contribution in [2.24, 2.45) is 5.92 Å². The van der Waals surface area contributed by atoms with Gasteiger partial charge in [-0.2, -0.15) is 0 Å². The third-order valence-corrected chi connectivity index (χ3v) is 3.48. The lowest BCUT2D eigenvalue weighted by molar-refractivity contribution is 0.356. The van der Waals surface area contributed by atoms with Gasteiger partial charge in [0.05, 0.1) is 0 Å². The molecule has 0 spiro atoms. The van der Waals surface area contributed by atoms with E-state index < -0.39 is 0 Å². The highest BCUT2D eigenvalue weighted by Crippen LogP contribution is 2.26. The van der Waals surface area contributed by atoms with Crippen LogP contribution in [0.4, 0.5) is 0 Å². The molecule has 0 nitrogen and oxygen atoms in total. The molecule has 0 aromatic heterocycles. The van der Waals surface area contributed by atoms with Gasteiger partial charge in [-0.3, -0.25) is 0 Å². The van der Waals surface area contributed by atoms with Crippen molar-refractivity contribution >= 4 is 12.6 Å². The Kier molecular flexibility index (Phi) is 3.52.